The van der Waals surface area contributed by atoms with Gasteiger partial charge in [0.2, 0.25) is 0 Å². The van der Waals surface area contributed by atoms with Gasteiger partial charge < -0.3 is 10.7 Å². The molecule has 0 bridgehead atoms. The molecule has 2 heterocycles. The van der Waals surface area contributed by atoms with E-state index >= 15 is 0 Å². The van der Waals surface area contributed by atoms with E-state index in [1.165, 1.54) is 0 Å². The van der Waals surface area contributed by atoms with Crippen LogP contribution in [-0.4, -0.2) is 15.0 Å². The van der Waals surface area contributed by atoms with Crippen LogP contribution >= 0.6 is 0 Å². The number of pyridine rings is 1. The molecule has 0 atom stereocenters. The van der Waals surface area contributed by atoms with Gasteiger partial charge in [-0.3, -0.25) is 0 Å². The molecule has 0 saturated carbocycles. The number of nitrogens with zero attached hydrogens (tertiary/aromatic N) is 2. The summed E-state index contributed by atoms with van der Waals surface area (Å²) in [7, 11) is 0. The molecule has 3 aromatic rings. The molecule has 3 rings (SSSR count). The lowest BCUT2D eigenvalue weighted by Crippen LogP contribution is -2.14. The number of anilines is 1. The van der Waals surface area contributed by atoms with E-state index in [2.05, 4.69) is 35.7 Å². The summed E-state index contributed by atoms with van der Waals surface area (Å²) in [6, 6.07) is 11.9. The maximum atomic E-state index is 6.10. The average Bonchev–Trinajstić information content (AvgIpc) is 2.80. The molecule has 0 saturated heterocycles. The van der Waals surface area contributed by atoms with E-state index in [1.54, 1.807) is 0 Å². The molecule has 2 aromatic heterocycles. The van der Waals surface area contributed by atoms with E-state index in [0.29, 0.717) is 5.82 Å². The van der Waals surface area contributed by atoms with E-state index in [-0.39, 0.29) is 5.41 Å². The number of benzene rings is 1. The Morgan fingerprint density at radius 2 is 1.75 bits per heavy atom. The Morgan fingerprint density at radius 3 is 2.40 bits per heavy atom. The van der Waals surface area contributed by atoms with Gasteiger partial charge in [0.15, 0.2) is 0 Å². The number of para-hydroxylation sites is 2. The van der Waals surface area contributed by atoms with E-state index in [1.807, 2.05) is 36.4 Å². The van der Waals surface area contributed by atoms with Crippen LogP contribution in [0, 0.1) is 0 Å². The van der Waals surface area contributed by atoms with Gasteiger partial charge in [0.1, 0.15) is 11.6 Å². The van der Waals surface area contributed by atoms with Crippen molar-refractivity contribution >= 4 is 16.9 Å². The number of aromatic nitrogens is 3. The Labute approximate surface area is 118 Å². The van der Waals surface area contributed by atoms with Crippen molar-refractivity contribution in [1.29, 1.82) is 0 Å². The summed E-state index contributed by atoms with van der Waals surface area (Å²) < 4.78 is 0. The number of rotatable bonds is 1. The van der Waals surface area contributed by atoms with E-state index in [0.717, 1.165) is 28.1 Å². The number of nitrogens with one attached hydrogen (secondary N) is 1. The molecule has 0 amide bonds. The minimum Gasteiger partial charge on any atom is -0.383 e. The van der Waals surface area contributed by atoms with Gasteiger partial charge in [-0.2, -0.15) is 0 Å². The van der Waals surface area contributed by atoms with E-state index in [9.17, 15) is 0 Å². The van der Waals surface area contributed by atoms with Crippen LogP contribution in [0.15, 0.2) is 36.4 Å². The van der Waals surface area contributed by atoms with Crippen molar-refractivity contribution in [3.63, 3.8) is 0 Å². The first-order valence-electron chi connectivity index (χ1n) is 6.67. The number of nitrogen functional groups attached to an aromatic ring is 1. The zero-order chi connectivity index (χ0) is 14.3. The lowest BCUT2D eigenvalue weighted by atomic mass is 9.91. The van der Waals surface area contributed by atoms with Crippen LogP contribution in [-0.2, 0) is 5.41 Å². The number of hydrogen-bond acceptors (Lipinski definition) is 3. The van der Waals surface area contributed by atoms with Crippen molar-refractivity contribution in [3.05, 3.63) is 42.1 Å². The van der Waals surface area contributed by atoms with Crippen LogP contribution in [0.25, 0.3) is 22.4 Å². The normalized spacial score (nSPS) is 11.9. The highest BCUT2D eigenvalue weighted by Crippen LogP contribution is 2.28. The summed E-state index contributed by atoms with van der Waals surface area (Å²) in [6.07, 6.45) is 0. The molecule has 3 N–H and O–H groups in total. The quantitative estimate of drug-likeness (QED) is 0.708. The summed E-state index contributed by atoms with van der Waals surface area (Å²) in [4.78, 5) is 12.3. The fourth-order valence-corrected chi connectivity index (χ4v) is 2.17. The smallest absolute Gasteiger partial charge is 0.142 e. The third-order valence-electron chi connectivity index (χ3n) is 3.34. The van der Waals surface area contributed by atoms with Crippen molar-refractivity contribution in [3.8, 4) is 11.4 Å². The summed E-state index contributed by atoms with van der Waals surface area (Å²) in [5.41, 5.74) is 9.84. The third-order valence-corrected chi connectivity index (χ3v) is 3.34. The predicted octanol–water partition coefficient (Wildman–Crippen LogP) is 3.50. The van der Waals surface area contributed by atoms with Gasteiger partial charge in [-0.1, -0.05) is 32.9 Å². The van der Waals surface area contributed by atoms with E-state index in [4.69, 9.17) is 5.73 Å². The molecule has 102 valence electrons. The van der Waals surface area contributed by atoms with Crippen LogP contribution in [0.3, 0.4) is 0 Å². The van der Waals surface area contributed by atoms with Crippen molar-refractivity contribution in [1.82, 2.24) is 15.0 Å². The fraction of sp³-hybridized carbons (Fsp3) is 0.250. The molecule has 0 radical (unpaired) electrons. The molecule has 4 heteroatoms. The maximum Gasteiger partial charge on any atom is 0.142 e. The second-order valence-corrected chi connectivity index (χ2v) is 5.98. The number of H-pyrrole nitrogens is 1. The van der Waals surface area contributed by atoms with Crippen LogP contribution in [0.5, 0.6) is 0 Å². The second kappa shape index (κ2) is 4.34. The van der Waals surface area contributed by atoms with Crippen molar-refractivity contribution in [2.75, 3.05) is 5.73 Å². The summed E-state index contributed by atoms with van der Waals surface area (Å²) in [5, 5.41) is 0. The minimum atomic E-state index is -0.0134. The monoisotopic (exact) mass is 266 g/mol. The van der Waals surface area contributed by atoms with Gasteiger partial charge in [-0.25, -0.2) is 9.97 Å². The van der Waals surface area contributed by atoms with Crippen LogP contribution < -0.4 is 5.73 Å². The molecule has 0 aliphatic carbocycles. The Morgan fingerprint density at radius 1 is 1.00 bits per heavy atom. The first-order chi connectivity index (χ1) is 9.45. The highest BCUT2D eigenvalue weighted by molar-refractivity contribution is 5.81. The molecule has 20 heavy (non-hydrogen) atoms. The molecular formula is C16H18N4. The fourth-order valence-electron chi connectivity index (χ4n) is 2.17. The highest BCUT2D eigenvalue weighted by Gasteiger charge is 2.17. The number of aromatic amines is 1. The summed E-state index contributed by atoms with van der Waals surface area (Å²) in [5.74, 6) is 1.27. The molecule has 0 fully saturated rings. The molecule has 0 aliphatic rings. The number of fused-ring (bicyclic) bond motifs is 1. The first kappa shape index (κ1) is 12.7. The minimum absolute atomic E-state index is 0.0134. The summed E-state index contributed by atoms with van der Waals surface area (Å²) >= 11 is 0. The number of hydrogen-bond donors (Lipinski definition) is 2. The largest absolute Gasteiger partial charge is 0.383 e. The van der Waals surface area contributed by atoms with Gasteiger partial charge in [0, 0.05) is 11.1 Å². The molecule has 0 spiro atoms. The Bertz CT molecular complexity index is 732. The number of imidazole rings is 1. The second-order valence-electron chi connectivity index (χ2n) is 5.98. The number of nitrogens with two attached hydrogens (primary N) is 1. The molecule has 4 nitrogen and oxygen atoms in total. The maximum absolute atomic E-state index is 6.10. The van der Waals surface area contributed by atoms with Gasteiger partial charge in [-0.05, 0) is 24.3 Å². The van der Waals surface area contributed by atoms with Crippen molar-refractivity contribution < 1.29 is 0 Å². The lowest BCUT2D eigenvalue weighted by molar-refractivity contribution is 0.570. The van der Waals surface area contributed by atoms with Gasteiger partial charge in [0.25, 0.3) is 0 Å². The Kier molecular flexibility index (Phi) is 2.74. The molecule has 0 unspecified atom stereocenters. The Balaban J connectivity index is 2.10. The van der Waals surface area contributed by atoms with E-state index < -0.39 is 0 Å². The van der Waals surface area contributed by atoms with Crippen LogP contribution in [0.1, 0.15) is 26.5 Å². The highest BCUT2D eigenvalue weighted by atomic mass is 14.9. The van der Waals surface area contributed by atoms with Crippen molar-refractivity contribution in [2.45, 2.75) is 26.2 Å². The molecule has 1 aromatic carbocycles. The zero-order valence-electron chi connectivity index (χ0n) is 11.9. The SMILES string of the molecule is CC(C)(C)c1ccc(-c2nc3ccccc3[nH]2)c(N)n1. The third kappa shape index (κ3) is 2.13. The first-order valence-corrected chi connectivity index (χ1v) is 6.67. The van der Waals surface area contributed by atoms with Crippen molar-refractivity contribution in [2.24, 2.45) is 0 Å². The Hall–Kier alpha value is -2.36. The molecular weight excluding hydrogens is 248 g/mol. The van der Waals surface area contributed by atoms with Crippen LogP contribution in [0.4, 0.5) is 5.82 Å². The zero-order valence-corrected chi connectivity index (χ0v) is 11.9. The topological polar surface area (TPSA) is 67.6 Å². The standard InChI is InChI=1S/C16H18N4/c1-16(2,3)13-9-8-10(14(17)20-13)15-18-11-6-4-5-7-12(11)19-15/h4-9H,1-3H3,(H2,17,20)(H,18,19). The van der Waals surface area contributed by atoms with Crippen LogP contribution in [0.2, 0.25) is 0 Å². The lowest BCUT2D eigenvalue weighted by Gasteiger charge is -2.18. The molecule has 0 aliphatic heterocycles. The van der Waals surface area contributed by atoms with Gasteiger partial charge in [-0.15, -0.1) is 0 Å². The summed E-state index contributed by atoms with van der Waals surface area (Å²) in [6.45, 7) is 6.36. The predicted molar refractivity (Wildman–Crippen MR) is 82.4 cm³/mol. The van der Waals surface area contributed by atoms with Gasteiger partial charge >= 0.3 is 0 Å². The average molecular weight is 266 g/mol. The van der Waals surface area contributed by atoms with Gasteiger partial charge in [0.05, 0.1) is 16.6 Å².